The summed E-state index contributed by atoms with van der Waals surface area (Å²) in [6.45, 7) is 4.01. The molecule has 1 heterocycles. The summed E-state index contributed by atoms with van der Waals surface area (Å²) in [4.78, 5) is 4.64. The molecule has 1 aromatic carbocycles. The minimum Gasteiger partial charge on any atom is -0.385 e. The van der Waals surface area contributed by atoms with Crippen molar-refractivity contribution in [2.24, 2.45) is 5.41 Å². The molecule has 0 amide bonds. The van der Waals surface area contributed by atoms with Crippen molar-refractivity contribution in [3.63, 3.8) is 0 Å². The lowest BCUT2D eigenvalue weighted by Crippen LogP contribution is -2.17. The zero-order valence-electron chi connectivity index (χ0n) is 11.5. The second kappa shape index (κ2) is 5.10. The average molecular weight is 276 g/mol. The second-order valence-corrected chi connectivity index (χ2v) is 6.62. The molecular formula is C15H20N2OS. The molecule has 0 atom stereocenters. The molecule has 0 spiro atoms. The van der Waals surface area contributed by atoms with Crippen molar-refractivity contribution in [2.75, 3.05) is 25.6 Å². The monoisotopic (exact) mass is 276 g/mol. The quantitative estimate of drug-likeness (QED) is 0.870. The van der Waals surface area contributed by atoms with E-state index in [1.54, 1.807) is 18.4 Å². The maximum absolute atomic E-state index is 5.19. The van der Waals surface area contributed by atoms with Crippen molar-refractivity contribution in [3.05, 3.63) is 23.8 Å². The lowest BCUT2D eigenvalue weighted by Gasteiger charge is -2.14. The number of hydrogen-bond acceptors (Lipinski definition) is 4. The van der Waals surface area contributed by atoms with Crippen molar-refractivity contribution >= 4 is 26.7 Å². The number of benzene rings is 1. The number of methoxy groups -OCH3 is 1. The Morgan fingerprint density at radius 1 is 1.42 bits per heavy atom. The van der Waals surface area contributed by atoms with Crippen LogP contribution in [-0.4, -0.2) is 25.2 Å². The van der Waals surface area contributed by atoms with Gasteiger partial charge in [0.1, 0.15) is 0 Å². The van der Waals surface area contributed by atoms with Crippen molar-refractivity contribution < 1.29 is 4.74 Å². The maximum atomic E-state index is 5.19. The lowest BCUT2D eigenvalue weighted by molar-refractivity contribution is 0.175. The topological polar surface area (TPSA) is 34.1 Å². The summed E-state index contributed by atoms with van der Waals surface area (Å²) in [7, 11) is 1.78. The summed E-state index contributed by atoms with van der Waals surface area (Å²) in [5.41, 5.74) is 2.85. The Hall–Kier alpha value is -1.13. The molecule has 0 saturated heterocycles. The SMILES string of the molecule is COCCC1(CNc2nc3ccc(C)cc3s2)CC1. The Bertz CT molecular complexity index is 575. The van der Waals surface area contributed by atoms with Gasteiger partial charge in [-0.25, -0.2) is 4.98 Å². The smallest absolute Gasteiger partial charge is 0.183 e. The molecule has 102 valence electrons. The molecule has 2 aromatic rings. The van der Waals surface area contributed by atoms with E-state index in [2.05, 4.69) is 35.4 Å². The van der Waals surface area contributed by atoms with Gasteiger partial charge in [0.15, 0.2) is 5.13 Å². The van der Waals surface area contributed by atoms with Crippen LogP contribution in [0.2, 0.25) is 0 Å². The maximum Gasteiger partial charge on any atom is 0.183 e. The Labute approximate surface area is 118 Å². The molecule has 0 radical (unpaired) electrons. The number of nitrogens with one attached hydrogen (secondary N) is 1. The predicted octanol–water partition coefficient (Wildman–Crippen LogP) is 3.83. The fourth-order valence-corrected chi connectivity index (χ4v) is 3.34. The highest BCUT2D eigenvalue weighted by Gasteiger charge is 2.41. The van der Waals surface area contributed by atoms with Crippen LogP contribution in [0.25, 0.3) is 10.2 Å². The molecule has 3 rings (SSSR count). The van der Waals surface area contributed by atoms with E-state index >= 15 is 0 Å². The van der Waals surface area contributed by atoms with Crippen molar-refractivity contribution in [1.82, 2.24) is 4.98 Å². The van der Waals surface area contributed by atoms with E-state index in [1.165, 1.54) is 23.1 Å². The molecule has 0 bridgehead atoms. The molecule has 1 saturated carbocycles. The molecule has 3 nitrogen and oxygen atoms in total. The first-order valence-corrected chi connectivity index (χ1v) is 7.62. The molecule has 0 aliphatic heterocycles. The summed E-state index contributed by atoms with van der Waals surface area (Å²) in [5.74, 6) is 0. The number of fused-ring (bicyclic) bond motifs is 1. The summed E-state index contributed by atoms with van der Waals surface area (Å²) in [5, 5.41) is 4.56. The summed E-state index contributed by atoms with van der Waals surface area (Å²) in [6, 6.07) is 6.42. The third-order valence-corrected chi connectivity index (χ3v) is 4.93. The Morgan fingerprint density at radius 2 is 2.26 bits per heavy atom. The highest BCUT2D eigenvalue weighted by Crippen LogP contribution is 2.48. The Kier molecular flexibility index (Phi) is 3.46. The molecule has 4 heteroatoms. The largest absolute Gasteiger partial charge is 0.385 e. The average Bonchev–Trinajstić information content (AvgIpc) is 3.06. The normalized spacial score (nSPS) is 16.7. The number of thiazole rings is 1. The highest BCUT2D eigenvalue weighted by atomic mass is 32.1. The van der Waals surface area contributed by atoms with Crippen LogP contribution in [-0.2, 0) is 4.74 Å². The molecule has 0 unspecified atom stereocenters. The fourth-order valence-electron chi connectivity index (χ4n) is 2.38. The van der Waals surface area contributed by atoms with Crippen LogP contribution < -0.4 is 5.32 Å². The standard InChI is InChI=1S/C15H20N2OS/c1-11-3-4-12-13(9-11)19-14(17-12)16-10-15(5-6-15)7-8-18-2/h3-4,9H,5-8,10H2,1-2H3,(H,16,17). The molecule has 19 heavy (non-hydrogen) atoms. The third-order valence-electron chi connectivity index (χ3n) is 3.95. The number of aryl methyl sites for hydroxylation is 1. The van der Waals surface area contributed by atoms with Crippen LogP contribution in [0, 0.1) is 12.3 Å². The molecule has 1 N–H and O–H groups in total. The number of aromatic nitrogens is 1. The van der Waals surface area contributed by atoms with Crippen LogP contribution in [0.3, 0.4) is 0 Å². The Morgan fingerprint density at radius 3 is 3.00 bits per heavy atom. The molecule has 1 aliphatic carbocycles. The fraction of sp³-hybridized carbons (Fsp3) is 0.533. The van der Waals surface area contributed by atoms with Crippen molar-refractivity contribution in [3.8, 4) is 0 Å². The van der Waals surface area contributed by atoms with Gasteiger partial charge in [-0.05, 0) is 49.3 Å². The van der Waals surface area contributed by atoms with Gasteiger partial charge in [-0.2, -0.15) is 0 Å². The molecule has 1 fully saturated rings. The number of nitrogens with zero attached hydrogens (tertiary/aromatic N) is 1. The van der Waals surface area contributed by atoms with Crippen LogP contribution in [0.15, 0.2) is 18.2 Å². The highest BCUT2D eigenvalue weighted by molar-refractivity contribution is 7.22. The Balaban J connectivity index is 1.65. The first-order chi connectivity index (χ1) is 9.21. The number of ether oxygens (including phenoxy) is 1. The van der Waals surface area contributed by atoms with Crippen molar-refractivity contribution in [2.45, 2.75) is 26.2 Å². The van der Waals surface area contributed by atoms with E-state index in [0.29, 0.717) is 5.41 Å². The summed E-state index contributed by atoms with van der Waals surface area (Å²) >= 11 is 1.75. The number of anilines is 1. The van der Waals surface area contributed by atoms with Gasteiger partial charge in [0.25, 0.3) is 0 Å². The van der Waals surface area contributed by atoms with Gasteiger partial charge in [-0.3, -0.25) is 0 Å². The van der Waals surface area contributed by atoms with Crippen LogP contribution in [0.1, 0.15) is 24.8 Å². The van der Waals surface area contributed by atoms with Gasteiger partial charge in [0.2, 0.25) is 0 Å². The van der Waals surface area contributed by atoms with E-state index < -0.39 is 0 Å². The third kappa shape index (κ3) is 2.90. The van der Waals surface area contributed by atoms with E-state index in [1.807, 2.05) is 0 Å². The van der Waals surface area contributed by atoms with Crippen LogP contribution >= 0.6 is 11.3 Å². The van der Waals surface area contributed by atoms with Gasteiger partial charge >= 0.3 is 0 Å². The minimum atomic E-state index is 0.462. The van der Waals surface area contributed by atoms with E-state index in [-0.39, 0.29) is 0 Å². The summed E-state index contributed by atoms with van der Waals surface area (Å²) < 4.78 is 6.46. The molecule has 1 aromatic heterocycles. The minimum absolute atomic E-state index is 0.462. The number of rotatable bonds is 6. The van der Waals surface area contributed by atoms with Gasteiger partial charge < -0.3 is 10.1 Å². The van der Waals surface area contributed by atoms with Crippen molar-refractivity contribution in [1.29, 1.82) is 0 Å². The van der Waals surface area contributed by atoms with Gasteiger partial charge in [0, 0.05) is 20.3 Å². The lowest BCUT2D eigenvalue weighted by atomic mass is 10.0. The first kappa shape index (κ1) is 12.9. The van der Waals surface area contributed by atoms with Gasteiger partial charge in [-0.15, -0.1) is 0 Å². The van der Waals surface area contributed by atoms with Gasteiger partial charge in [0.05, 0.1) is 10.2 Å². The summed E-state index contributed by atoms with van der Waals surface area (Å²) in [6.07, 6.45) is 3.78. The van der Waals surface area contributed by atoms with E-state index in [4.69, 9.17) is 4.74 Å². The molecule has 1 aliphatic rings. The van der Waals surface area contributed by atoms with E-state index in [0.717, 1.165) is 30.2 Å². The number of hydrogen-bond donors (Lipinski definition) is 1. The second-order valence-electron chi connectivity index (χ2n) is 5.59. The van der Waals surface area contributed by atoms with Crippen LogP contribution in [0.4, 0.5) is 5.13 Å². The first-order valence-electron chi connectivity index (χ1n) is 6.81. The molecular weight excluding hydrogens is 256 g/mol. The predicted molar refractivity (Wildman–Crippen MR) is 81.0 cm³/mol. The zero-order chi connectivity index (χ0) is 13.3. The van der Waals surface area contributed by atoms with E-state index in [9.17, 15) is 0 Å². The zero-order valence-corrected chi connectivity index (χ0v) is 12.3. The van der Waals surface area contributed by atoms with Crippen LogP contribution in [0.5, 0.6) is 0 Å². The van der Waals surface area contributed by atoms with Gasteiger partial charge in [-0.1, -0.05) is 17.4 Å².